The number of hydrogen-bond donors (Lipinski definition) is 0. The van der Waals surface area contributed by atoms with Crippen LogP contribution in [0.25, 0.3) is 4.96 Å². The quantitative estimate of drug-likeness (QED) is 0.555. The van der Waals surface area contributed by atoms with Gasteiger partial charge in [-0.2, -0.15) is 9.38 Å². The van der Waals surface area contributed by atoms with Crippen LogP contribution < -0.4 is 4.90 Å². The van der Waals surface area contributed by atoms with Crippen LogP contribution in [-0.2, 0) is 9.53 Å². The molecule has 4 rings (SSSR count). The van der Waals surface area contributed by atoms with Gasteiger partial charge >= 0.3 is 5.82 Å². The van der Waals surface area contributed by atoms with E-state index in [-0.39, 0.29) is 16.6 Å². The van der Waals surface area contributed by atoms with Crippen LogP contribution in [0.5, 0.6) is 0 Å². The molecule has 0 aliphatic carbocycles. The third kappa shape index (κ3) is 3.24. The molecule has 1 amide bonds. The number of imidazole rings is 1. The second-order valence-electron chi connectivity index (χ2n) is 6.33. The zero-order valence-corrected chi connectivity index (χ0v) is 15.1. The van der Waals surface area contributed by atoms with E-state index < -0.39 is 0 Å². The van der Waals surface area contributed by atoms with Crippen molar-refractivity contribution in [1.29, 1.82) is 0 Å². The van der Waals surface area contributed by atoms with E-state index in [1.807, 2.05) is 9.80 Å². The Bertz CT molecular complexity index is 806. The predicted molar refractivity (Wildman–Crippen MR) is 95.8 cm³/mol. The molecule has 0 N–H and O–H groups in total. The first kappa shape index (κ1) is 17.2. The number of amides is 1. The molecule has 0 bridgehead atoms. The molecule has 2 saturated heterocycles. The lowest BCUT2D eigenvalue weighted by Crippen LogP contribution is -2.51. The van der Waals surface area contributed by atoms with Gasteiger partial charge in [0.15, 0.2) is 0 Å². The van der Waals surface area contributed by atoms with E-state index in [4.69, 9.17) is 4.74 Å². The first-order chi connectivity index (χ1) is 12.6. The van der Waals surface area contributed by atoms with Crippen LogP contribution in [-0.4, -0.2) is 89.0 Å². The van der Waals surface area contributed by atoms with E-state index in [1.165, 1.54) is 15.7 Å². The summed E-state index contributed by atoms with van der Waals surface area (Å²) in [6.07, 6.45) is 1.67. The largest absolute Gasteiger partial charge is 0.378 e. The van der Waals surface area contributed by atoms with Gasteiger partial charge in [0.25, 0.3) is 4.96 Å². The van der Waals surface area contributed by atoms with Crippen molar-refractivity contribution in [2.45, 2.75) is 0 Å². The molecule has 0 saturated carbocycles. The van der Waals surface area contributed by atoms with Gasteiger partial charge < -0.3 is 24.7 Å². The highest BCUT2D eigenvalue weighted by molar-refractivity contribution is 7.15. The van der Waals surface area contributed by atoms with E-state index >= 15 is 0 Å². The maximum Gasteiger partial charge on any atom is 0.373 e. The van der Waals surface area contributed by atoms with Crippen molar-refractivity contribution in [2.75, 3.05) is 63.9 Å². The molecule has 2 aromatic rings. The second-order valence-corrected chi connectivity index (χ2v) is 7.20. The molecule has 2 aromatic heterocycles. The van der Waals surface area contributed by atoms with Gasteiger partial charge in [-0.15, -0.1) is 0 Å². The summed E-state index contributed by atoms with van der Waals surface area (Å²) in [4.78, 5) is 34.4. The van der Waals surface area contributed by atoms with Gasteiger partial charge in [0, 0.05) is 44.6 Å². The van der Waals surface area contributed by atoms with Crippen molar-refractivity contribution in [3.8, 4) is 0 Å². The number of rotatable bonds is 4. The van der Waals surface area contributed by atoms with Crippen LogP contribution in [0.1, 0.15) is 0 Å². The van der Waals surface area contributed by atoms with Gasteiger partial charge in [0.05, 0.1) is 19.8 Å². The molecule has 10 nitrogen and oxygen atoms in total. The second kappa shape index (κ2) is 7.17. The highest BCUT2D eigenvalue weighted by Crippen LogP contribution is 2.31. The molecular weight excluding hydrogens is 360 g/mol. The van der Waals surface area contributed by atoms with Gasteiger partial charge in [-0.05, 0) is 4.92 Å². The highest BCUT2D eigenvalue weighted by Gasteiger charge is 2.30. The number of morpholine rings is 1. The summed E-state index contributed by atoms with van der Waals surface area (Å²) >= 11 is 1.38. The Morgan fingerprint density at radius 3 is 2.65 bits per heavy atom. The summed E-state index contributed by atoms with van der Waals surface area (Å²) in [5, 5.41) is 13.3. The summed E-state index contributed by atoms with van der Waals surface area (Å²) in [5.74, 6) is 0.551. The fourth-order valence-corrected chi connectivity index (χ4v) is 4.07. The number of fused-ring (bicyclic) bond motifs is 1. The average molecular weight is 380 g/mol. The standard InChI is InChI=1S/C15H20N6O4S/c22-12(18-5-8-25-9-6-18)11-17-1-3-19(4-2-17)13-14(21(23)24)20-7-10-26-15(20)16-13/h7,10H,1-6,8-9,11H2. The smallest absolute Gasteiger partial charge is 0.373 e. The van der Waals surface area contributed by atoms with Crippen molar-refractivity contribution < 1.29 is 14.5 Å². The molecule has 0 aromatic carbocycles. The lowest BCUT2D eigenvalue weighted by molar-refractivity contribution is -0.389. The Morgan fingerprint density at radius 2 is 1.96 bits per heavy atom. The number of nitrogens with zero attached hydrogens (tertiary/aromatic N) is 6. The van der Waals surface area contributed by atoms with Crippen LogP contribution in [0, 0.1) is 10.1 Å². The average Bonchev–Trinajstić information content (AvgIpc) is 3.23. The first-order valence-corrected chi connectivity index (χ1v) is 9.44. The van der Waals surface area contributed by atoms with Gasteiger partial charge in [-0.1, -0.05) is 11.3 Å². The van der Waals surface area contributed by atoms with Gasteiger partial charge in [0.2, 0.25) is 11.7 Å². The Hall–Kier alpha value is -2.24. The SMILES string of the molecule is O=C(CN1CCN(c2nc3sccn3c2[N+](=O)[O-])CC1)N1CCOCC1. The number of carbonyl (C=O) groups is 1. The van der Waals surface area contributed by atoms with Crippen LogP contribution >= 0.6 is 11.3 Å². The Kier molecular flexibility index (Phi) is 4.74. The van der Waals surface area contributed by atoms with Crippen LogP contribution in [0.3, 0.4) is 0 Å². The molecule has 2 fully saturated rings. The lowest BCUT2D eigenvalue weighted by atomic mass is 10.3. The highest BCUT2D eigenvalue weighted by atomic mass is 32.1. The van der Waals surface area contributed by atoms with Gasteiger partial charge in [-0.25, -0.2) is 0 Å². The van der Waals surface area contributed by atoms with E-state index in [9.17, 15) is 14.9 Å². The minimum atomic E-state index is -0.379. The topological polar surface area (TPSA) is 96.5 Å². The van der Waals surface area contributed by atoms with E-state index in [2.05, 4.69) is 9.88 Å². The van der Waals surface area contributed by atoms with E-state index in [1.54, 1.807) is 11.6 Å². The van der Waals surface area contributed by atoms with Crippen LogP contribution in [0.2, 0.25) is 0 Å². The van der Waals surface area contributed by atoms with Crippen molar-refractivity contribution in [1.82, 2.24) is 19.2 Å². The summed E-state index contributed by atoms with van der Waals surface area (Å²) < 4.78 is 6.80. The number of thiazole rings is 1. The molecular formula is C15H20N6O4S. The summed E-state index contributed by atoms with van der Waals surface area (Å²) in [6, 6.07) is 0. The van der Waals surface area contributed by atoms with Crippen molar-refractivity contribution >= 4 is 33.8 Å². The molecule has 0 atom stereocenters. The number of piperazine rings is 1. The number of ether oxygens (including phenoxy) is 1. The number of aromatic nitrogens is 2. The van der Waals surface area contributed by atoms with E-state index in [0.717, 1.165) is 0 Å². The molecule has 4 heterocycles. The predicted octanol–water partition coefficient (Wildman–Crippen LogP) is 0.285. The zero-order chi connectivity index (χ0) is 18.1. The van der Waals surface area contributed by atoms with Crippen molar-refractivity contribution in [3.05, 3.63) is 21.7 Å². The number of hydrogen-bond acceptors (Lipinski definition) is 8. The lowest BCUT2D eigenvalue weighted by Gasteiger charge is -2.35. The molecule has 11 heteroatoms. The molecule has 0 radical (unpaired) electrons. The van der Waals surface area contributed by atoms with Gasteiger partial charge in [-0.3, -0.25) is 9.69 Å². The Morgan fingerprint density at radius 1 is 1.23 bits per heavy atom. The number of anilines is 1. The first-order valence-electron chi connectivity index (χ1n) is 8.56. The summed E-state index contributed by atoms with van der Waals surface area (Å²) in [5.41, 5.74) is 0. The molecule has 140 valence electrons. The molecule has 0 spiro atoms. The maximum atomic E-state index is 12.4. The molecule has 0 unspecified atom stereocenters. The molecule has 2 aliphatic rings. The molecule has 2 aliphatic heterocycles. The van der Waals surface area contributed by atoms with Crippen LogP contribution in [0.4, 0.5) is 11.6 Å². The van der Waals surface area contributed by atoms with Crippen LogP contribution in [0.15, 0.2) is 11.6 Å². The van der Waals surface area contributed by atoms with Crippen molar-refractivity contribution in [2.24, 2.45) is 0 Å². The minimum Gasteiger partial charge on any atom is -0.378 e. The monoisotopic (exact) mass is 380 g/mol. The minimum absolute atomic E-state index is 0.0130. The Balaban J connectivity index is 1.39. The maximum absolute atomic E-state index is 12.4. The van der Waals surface area contributed by atoms with Gasteiger partial charge in [0.1, 0.15) is 6.20 Å². The van der Waals surface area contributed by atoms with Crippen molar-refractivity contribution in [3.63, 3.8) is 0 Å². The fraction of sp³-hybridized carbons (Fsp3) is 0.600. The molecule has 26 heavy (non-hydrogen) atoms. The summed E-state index contributed by atoms with van der Waals surface area (Å²) in [6.45, 7) is 5.46. The number of nitro groups is 1. The normalized spacial score (nSPS) is 19.2. The third-order valence-electron chi connectivity index (χ3n) is 4.79. The fourth-order valence-electron chi connectivity index (χ4n) is 3.37. The summed E-state index contributed by atoms with van der Waals surface area (Å²) in [7, 11) is 0. The Labute approximate surface area is 153 Å². The third-order valence-corrected chi connectivity index (χ3v) is 5.54. The number of carbonyl (C=O) groups excluding carboxylic acids is 1. The van der Waals surface area contributed by atoms with E-state index in [0.29, 0.717) is 69.8 Å². The zero-order valence-electron chi connectivity index (χ0n) is 14.2.